The van der Waals surface area contributed by atoms with Crippen molar-refractivity contribution in [3.05, 3.63) is 23.5 Å². The monoisotopic (exact) mass is 284 g/mol. The summed E-state index contributed by atoms with van der Waals surface area (Å²) in [5, 5.41) is -0.0182. The minimum absolute atomic E-state index is 0.0163. The van der Waals surface area contributed by atoms with Crippen LogP contribution in [0, 0.1) is 18.3 Å². The zero-order valence-corrected chi connectivity index (χ0v) is 11.3. The molecular weight excluding hydrogens is 272 g/mol. The Kier molecular flexibility index (Phi) is 3.91. The smallest absolute Gasteiger partial charge is 0.243 e. The molecule has 1 aromatic heterocycles. The highest BCUT2D eigenvalue weighted by Gasteiger charge is 2.32. The maximum Gasteiger partial charge on any atom is 0.247 e. The molecule has 0 unspecified atom stereocenters. The topological polar surface area (TPSA) is 50.3 Å². The third kappa shape index (κ3) is 2.83. The lowest BCUT2D eigenvalue weighted by Gasteiger charge is -2.19. The van der Waals surface area contributed by atoms with Gasteiger partial charge < -0.3 is 0 Å². The van der Waals surface area contributed by atoms with Crippen molar-refractivity contribution in [2.75, 3.05) is 13.1 Å². The Morgan fingerprint density at radius 1 is 1.56 bits per heavy atom. The molecule has 1 aliphatic carbocycles. The van der Waals surface area contributed by atoms with E-state index in [0.29, 0.717) is 12.5 Å². The number of nitrogens with zero attached hydrogens (tertiary/aromatic N) is 2. The van der Waals surface area contributed by atoms with Crippen molar-refractivity contribution in [2.24, 2.45) is 5.92 Å². The Balaban J connectivity index is 2.32. The summed E-state index contributed by atoms with van der Waals surface area (Å²) in [5.74, 6) is 2.80. The molecule has 6 heteroatoms. The Morgan fingerprint density at radius 2 is 2.28 bits per heavy atom. The second kappa shape index (κ2) is 5.27. The summed E-state index contributed by atoms with van der Waals surface area (Å²) >= 11 is 5.84. The van der Waals surface area contributed by atoms with E-state index in [9.17, 15) is 8.42 Å². The zero-order chi connectivity index (χ0) is 13.2. The van der Waals surface area contributed by atoms with Crippen LogP contribution in [-0.2, 0) is 10.0 Å². The molecule has 4 nitrogen and oxygen atoms in total. The first-order valence-corrected chi connectivity index (χ1v) is 7.41. The fourth-order valence-corrected chi connectivity index (χ4v) is 3.50. The summed E-state index contributed by atoms with van der Waals surface area (Å²) in [6, 6.07) is 2.99. The molecule has 0 spiro atoms. The first-order chi connectivity index (χ1) is 8.55. The lowest BCUT2D eigenvalue weighted by Crippen LogP contribution is -2.33. The molecule has 18 heavy (non-hydrogen) atoms. The van der Waals surface area contributed by atoms with Gasteiger partial charge in [0.15, 0.2) is 0 Å². The molecule has 0 radical (unpaired) electrons. The van der Waals surface area contributed by atoms with Gasteiger partial charge in [0, 0.05) is 12.7 Å². The lowest BCUT2D eigenvalue weighted by atomic mass is 10.4. The Bertz CT molecular complexity index is 576. The summed E-state index contributed by atoms with van der Waals surface area (Å²) < 4.78 is 26.1. The van der Waals surface area contributed by atoms with E-state index >= 15 is 0 Å². The second-order valence-electron chi connectivity index (χ2n) is 4.24. The van der Waals surface area contributed by atoms with Crippen LogP contribution in [0.3, 0.4) is 0 Å². The molecule has 0 aliphatic heterocycles. The number of aromatic nitrogens is 1. The lowest BCUT2D eigenvalue weighted by molar-refractivity contribution is 0.430. The van der Waals surface area contributed by atoms with E-state index in [0.717, 1.165) is 12.8 Å². The number of sulfonamides is 1. The Hall–Kier alpha value is -1.09. The quantitative estimate of drug-likeness (QED) is 0.612. The van der Waals surface area contributed by atoms with Crippen LogP contribution in [0.1, 0.15) is 12.8 Å². The van der Waals surface area contributed by atoms with Gasteiger partial charge in [-0.15, -0.1) is 6.42 Å². The standard InChI is InChI=1S/C12H13ClN2O2S/c1-2-8-15(9-10-5-6-10)18(16,17)11-4-3-7-14-12(11)13/h1,3-4,7,10H,5-6,8-9H2. The molecular formula is C12H13ClN2O2S. The van der Waals surface area contributed by atoms with Crippen molar-refractivity contribution >= 4 is 21.6 Å². The molecule has 1 heterocycles. The molecule has 0 atom stereocenters. The second-order valence-corrected chi connectivity index (χ2v) is 6.50. The minimum atomic E-state index is -3.65. The molecule has 1 aliphatic rings. The van der Waals surface area contributed by atoms with E-state index in [-0.39, 0.29) is 16.6 Å². The van der Waals surface area contributed by atoms with Crippen molar-refractivity contribution < 1.29 is 8.42 Å². The van der Waals surface area contributed by atoms with Crippen molar-refractivity contribution in [3.8, 4) is 12.3 Å². The maximum atomic E-state index is 12.4. The third-order valence-corrected chi connectivity index (χ3v) is 5.03. The van der Waals surface area contributed by atoms with E-state index < -0.39 is 10.0 Å². The van der Waals surface area contributed by atoms with Crippen LogP contribution < -0.4 is 0 Å². The van der Waals surface area contributed by atoms with E-state index in [1.54, 1.807) is 6.07 Å². The van der Waals surface area contributed by atoms with Gasteiger partial charge >= 0.3 is 0 Å². The van der Waals surface area contributed by atoms with Gasteiger partial charge in [-0.1, -0.05) is 17.5 Å². The average molecular weight is 285 g/mol. The minimum Gasteiger partial charge on any atom is -0.243 e. The van der Waals surface area contributed by atoms with Gasteiger partial charge in [0.2, 0.25) is 10.0 Å². The highest BCUT2D eigenvalue weighted by Crippen LogP contribution is 2.32. The molecule has 96 valence electrons. The SMILES string of the molecule is C#CCN(CC1CC1)S(=O)(=O)c1cccnc1Cl. The maximum absolute atomic E-state index is 12.4. The number of halogens is 1. The van der Waals surface area contributed by atoms with E-state index in [1.807, 2.05) is 0 Å². The van der Waals surface area contributed by atoms with E-state index in [2.05, 4.69) is 10.9 Å². The van der Waals surface area contributed by atoms with Crippen LogP contribution >= 0.6 is 11.6 Å². The molecule has 1 fully saturated rings. The first kappa shape index (κ1) is 13.3. The molecule has 1 aromatic rings. The summed E-state index contributed by atoms with van der Waals surface area (Å²) in [4.78, 5) is 3.81. The van der Waals surface area contributed by atoms with Gasteiger partial charge in [0.05, 0.1) is 6.54 Å². The van der Waals surface area contributed by atoms with Gasteiger partial charge in [-0.05, 0) is 30.9 Å². The molecule has 0 aromatic carbocycles. The van der Waals surface area contributed by atoms with Crippen LogP contribution in [0.2, 0.25) is 5.15 Å². The highest BCUT2D eigenvalue weighted by atomic mass is 35.5. The van der Waals surface area contributed by atoms with Crippen molar-refractivity contribution in [1.29, 1.82) is 0 Å². The van der Waals surface area contributed by atoms with E-state index in [4.69, 9.17) is 18.0 Å². The van der Waals surface area contributed by atoms with Gasteiger partial charge in [0.1, 0.15) is 10.0 Å². The van der Waals surface area contributed by atoms with Gasteiger partial charge in [0.25, 0.3) is 0 Å². The van der Waals surface area contributed by atoms with Crippen LogP contribution in [0.4, 0.5) is 0 Å². The molecule has 0 saturated heterocycles. The van der Waals surface area contributed by atoms with E-state index in [1.165, 1.54) is 16.6 Å². The largest absolute Gasteiger partial charge is 0.247 e. The van der Waals surface area contributed by atoms with Crippen molar-refractivity contribution in [2.45, 2.75) is 17.7 Å². The van der Waals surface area contributed by atoms with Gasteiger partial charge in [-0.2, -0.15) is 4.31 Å². The normalized spacial score (nSPS) is 15.6. The van der Waals surface area contributed by atoms with Crippen LogP contribution in [0.5, 0.6) is 0 Å². The summed E-state index contributed by atoms with van der Waals surface area (Å²) in [5.41, 5.74) is 0. The molecule has 0 bridgehead atoms. The zero-order valence-electron chi connectivity index (χ0n) is 9.71. The molecule has 2 rings (SSSR count). The van der Waals surface area contributed by atoms with Gasteiger partial charge in [-0.25, -0.2) is 13.4 Å². The number of hydrogen-bond acceptors (Lipinski definition) is 3. The Labute approximate surface area is 112 Å². The summed E-state index contributed by atoms with van der Waals surface area (Å²) in [7, 11) is -3.65. The van der Waals surface area contributed by atoms with Crippen LogP contribution in [0.25, 0.3) is 0 Å². The van der Waals surface area contributed by atoms with Crippen LogP contribution in [0.15, 0.2) is 23.2 Å². The van der Waals surface area contributed by atoms with Crippen molar-refractivity contribution in [1.82, 2.24) is 9.29 Å². The number of rotatable bonds is 5. The molecule has 0 N–H and O–H groups in total. The third-order valence-electron chi connectivity index (χ3n) is 2.77. The fourth-order valence-electron chi connectivity index (χ4n) is 1.64. The van der Waals surface area contributed by atoms with Crippen molar-refractivity contribution in [3.63, 3.8) is 0 Å². The predicted octanol–water partition coefficient (Wildman–Crippen LogP) is 1.77. The average Bonchev–Trinajstić information content (AvgIpc) is 3.13. The van der Waals surface area contributed by atoms with Gasteiger partial charge in [-0.3, -0.25) is 0 Å². The number of pyridine rings is 1. The number of hydrogen-bond donors (Lipinski definition) is 0. The molecule has 0 amide bonds. The summed E-state index contributed by atoms with van der Waals surface area (Å²) in [6.45, 7) is 0.516. The predicted molar refractivity (Wildman–Crippen MR) is 69.6 cm³/mol. The Morgan fingerprint density at radius 3 is 2.83 bits per heavy atom. The highest BCUT2D eigenvalue weighted by molar-refractivity contribution is 7.89. The number of terminal acetylenes is 1. The molecule has 1 saturated carbocycles. The summed E-state index contributed by atoms with van der Waals surface area (Å²) in [6.07, 6.45) is 8.79. The fraction of sp³-hybridized carbons (Fsp3) is 0.417. The first-order valence-electron chi connectivity index (χ1n) is 5.60. The van der Waals surface area contributed by atoms with Crippen LogP contribution in [-0.4, -0.2) is 30.8 Å².